The number of nitrogens with two attached hydrogens (primary N) is 1. The zero-order chi connectivity index (χ0) is 18.9. The van der Waals surface area contributed by atoms with Gasteiger partial charge >= 0.3 is 6.03 Å². The van der Waals surface area contributed by atoms with Crippen LogP contribution in [0.4, 0.5) is 10.6 Å². The fourth-order valence-electron chi connectivity index (χ4n) is 3.18. The number of urea groups is 1. The minimum Gasteiger partial charge on any atom is -0.383 e. The molecule has 26 heavy (non-hydrogen) atoms. The number of rotatable bonds is 3. The number of carbonyl (C=O) groups excluding carboxylic acids is 1. The second kappa shape index (κ2) is 7.29. The second-order valence-electron chi connectivity index (χ2n) is 6.99. The number of fused-ring (bicyclic) bond motifs is 1. The number of halogens is 2. The van der Waals surface area contributed by atoms with Crippen LogP contribution < -0.4 is 11.1 Å². The Bertz CT molecular complexity index is 820. The van der Waals surface area contributed by atoms with Gasteiger partial charge in [0.1, 0.15) is 12.1 Å². The molecule has 138 valence electrons. The van der Waals surface area contributed by atoms with Gasteiger partial charge in [-0.3, -0.25) is 0 Å². The lowest BCUT2D eigenvalue weighted by molar-refractivity contribution is 0.189. The Kier molecular flexibility index (Phi) is 5.25. The van der Waals surface area contributed by atoms with E-state index in [2.05, 4.69) is 15.3 Å². The lowest BCUT2D eigenvalue weighted by Crippen LogP contribution is -2.46. The van der Waals surface area contributed by atoms with Crippen LogP contribution in [0.5, 0.6) is 0 Å². The number of nitrogen functional groups attached to an aromatic ring is 1. The molecule has 1 aromatic carbocycles. The fraction of sp³-hybridized carbons (Fsp3) is 0.389. The Morgan fingerprint density at radius 2 is 2.00 bits per heavy atom. The number of hydrogen-bond donors (Lipinski definition) is 2. The predicted octanol–water partition coefficient (Wildman–Crippen LogP) is 3.41. The van der Waals surface area contributed by atoms with Gasteiger partial charge in [-0.2, -0.15) is 0 Å². The molecule has 0 saturated heterocycles. The van der Waals surface area contributed by atoms with Crippen molar-refractivity contribution in [2.75, 3.05) is 18.8 Å². The Morgan fingerprint density at radius 1 is 1.31 bits per heavy atom. The summed E-state index contributed by atoms with van der Waals surface area (Å²) >= 11 is 12.6. The van der Waals surface area contributed by atoms with E-state index in [4.69, 9.17) is 28.9 Å². The van der Waals surface area contributed by atoms with Crippen LogP contribution in [0.3, 0.4) is 0 Å². The Labute approximate surface area is 162 Å². The van der Waals surface area contributed by atoms with Gasteiger partial charge in [0.05, 0.1) is 12.2 Å². The molecule has 1 aromatic heterocycles. The largest absolute Gasteiger partial charge is 0.383 e. The molecule has 1 aliphatic rings. The number of hydrogen-bond acceptors (Lipinski definition) is 4. The van der Waals surface area contributed by atoms with Crippen molar-refractivity contribution in [3.05, 3.63) is 51.4 Å². The van der Waals surface area contributed by atoms with E-state index in [-0.39, 0.29) is 6.03 Å². The van der Waals surface area contributed by atoms with Crippen molar-refractivity contribution in [3.8, 4) is 0 Å². The van der Waals surface area contributed by atoms with Crippen molar-refractivity contribution in [1.29, 1.82) is 0 Å². The maximum atomic E-state index is 12.6. The molecule has 0 aliphatic carbocycles. The Balaban J connectivity index is 1.68. The highest BCUT2D eigenvalue weighted by Crippen LogP contribution is 2.35. The summed E-state index contributed by atoms with van der Waals surface area (Å²) in [6, 6.07) is 5.25. The summed E-state index contributed by atoms with van der Waals surface area (Å²) in [6.07, 6.45) is 2.12. The Morgan fingerprint density at radius 3 is 2.69 bits per heavy atom. The first-order valence-corrected chi connectivity index (χ1v) is 9.10. The van der Waals surface area contributed by atoms with Crippen LogP contribution in [0.25, 0.3) is 0 Å². The highest BCUT2D eigenvalue weighted by molar-refractivity contribution is 6.36. The molecule has 0 radical (unpaired) electrons. The summed E-state index contributed by atoms with van der Waals surface area (Å²) < 4.78 is 0. The third-order valence-corrected chi connectivity index (χ3v) is 5.27. The molecular weight excluding hydrogens is 373 g/mol. The average molecular weight is 394 g/mol. The van der Waals surface area contributed by atoms with E-state index >= 15 is 0 Å². The number of benzene rings is 1. The van der Waals surface area contributed by atoms with Gasteiger partial charge in [0.25, 0.3) is 0 Å². The molecule has 2 aromatic rings. The van der Waals surface area contributed by atoms with Gasteiger partial charge in [-0.15, -0.1) is 0 Å². The van der Waals surface area contributed by atoms with Crippen molar-refractivity contribution >= 4 is 35.1 Å². The molecule has 0 unspecified atom stereocenters. The third kappa shape index (κ3) is 3.71. The van der Waals surface area contributed by atoms with Crippen LogP contribution in [-0.4, -0.2) is 34.0 Å². The zero-order valence-electron chi connectivity index (χ0n) is 14.7. The number of carbonyl (C=O) groups is 1. The molecule has 2 amide bonds. The first-order valence-electron chi connectivity index (χ1n) is 8.35. The lowest BCUT2D eigenvalue weighted by atomic mass is 9.84. The van der Waals surface area contributed by atoms with Crippen LogP contribution in [0, 0.1) is 0 Å². The number of amides is 2. The predicted molar refractivity (Wildman–Crippen MR) is 103 cm³/mol. The summed E-state index contributed by atoms with van der Waals surface area (Å²) in [4.78, 5) is 22.6. The van der Waals surface area contributed by atoms with E-state index < -0.39 is 5.41 Å². The molecule has 1 aliphatic heterocycles. The maximum absolute atomic E-state index is 12.6. The van der Waals surface area contributed by atoms with Gasteiger partial charge in [-0.25, -0.2) is 14.8 Å². The highest BCUT2D eigenvalue weighted by atomic mass is 35.5. The van der Waals surface area contributed by atoms with Gasteiger partial charge in [-0.1, -0.05) is 43.1 Å². The molecule has 0 atom stereocenters. The summed E-state index contributed by atoms with van der Waals surface area (Å²) in [5.41, 5.74) is 8.05. The smallest absolute Gasteiger partial charge is 0.317 e. The van der Waals surface area contributed by atoms with E-state index in [0.717, 1.165) is 16.8 Å². The number of nitrogens with zero attached hydrogens (tertiary/aromatic N) is 3. The van der Waals surface area contributed by atoms with E-state index in [1.54, 1.807) is 23.1 Å². The topological polar surface area (TPSA) is 84.1 Å². The quantitative estimate of drug-likeness (QED) is 0.836. The van der Waals surface area contributed by atoms with Gasteiger partial charge in [0, 0.05) is 40.5 Å². The molecule has 8 heteroatoms. The highest BCUT2D eigenvalue weighted by Gasteiger charge is 2.29. The van der Waals surface area contributed by atoms with Crippen molar-refractivity contribution in [3.63, 3.8) is 0 Å². The van der Waals surface area contributed by atoms with Crippen molar-refractivity contribution in [1.82, 2.24) is 20.2 Å². The van der Waals surface area contributed by atoms with E-state index in [1.807, 2.05) is 13.8 Å². The minimum atomic E-state index is -0.416. The zero-order valence-corrected chi connectivity index (χ0v) is 16.2. The SMILES string of the molecule is CC(C)(CNC(=O)N1CCc2ncnc(N)c2C1)c1c(Cl)cccc1Cl. The molecule has 0 spiro atoms. The number of anilines is 1. The summed E-state index contributed by atoms with van der Waals surface area (Å²) in [7, 11) is 0. The van der Waals surface area contributed by atoms with Crippen molar-refractivity contribution < 1.29 is 4.79 Å². The van der Waals surface area contributed by atoms with Crippen LogP contribution >= 0.6 is 23.2 Å². The lowest BCUT2D eigenvalue weighted by Gasteiger charge is -2.32. The number of nitrogens with one attached hydrogen (secondary N) is 1. The van der Waals surface area contributed by atoms with Gasteiger partial charge in [0.15, 0.2) is 0 Å². The number of aromatic nitrogens is 2. The summed E-state index contributed by atoms with van der Waals surface area (Å²) in [5, 5.41) is 4.17. The van der Waals surface area contributed by atoms with Gasteiger partial charge < -0.3 is 16.0 Å². The average Bonchev–Trinajstić information content (AvgIpc) is 2.59. The first kappa shape index (κ1) is 18.7. The first-order chi connectivity index (χ1) is 12.3. The van der Waals surface area contributed by atoms with Gasteiger partial charge in [0.2, 0.25) is 0 Å². The normalized spacial score (nSPS) is 14.1. The molecule has 0 bridgehead atoms. The monoisotopic (exact) mass is 393 g/mol. The third-order valence-electron chi connectivity index (χ3n) is 4.64. The van der Waals surface area contributed by atoms with E-state index in [9.17, 15) is 4.79 Å². The molecule has 3 rings (SSSR count). The van der Waals surface area contributed by atoms with Gasteiger partial charge in [-0.05, 0) is 17.7 Å². The van der Waals surface area contributed by atoms with Crippen LogP contribution in [-0.2, 0) is 18.4 Å². The minimum absolute atomic E-state index is 0.157. The standard InChI is InChI=1S/C18H21Cl2N5O/c1-18(2,15-12(19)4-3-5-13(15)20)9-22-17(26)25-7-6-14-11(8-25)16(21)24-10-23-14/h3-5,10H,6-9H2,1-2H3,(H,22,26)(H2,21,23,24). The molecule has 2 heterocycles. The maximum Gasteiger partial charge on any atom is 0.317 e. The summed E-state index contributed by atoms with van der Waals surface area (Å²) in [6.45, 7) is 5.39. The van der Waals surface area contributed by atoms with Crippen molar-refractivity contribution in [2.45, 2.75) is 32.2 Å². The van der Waals surface area contributed by atoms with Crippen molar-refractivity contribution in [2.24, 2.45) is 0 Å². The van der Waals surface area contributed by atoms with Crippen LogP contribution in [0.2, 0.25) is 10.0 Å². The Hall–Kier alpha value is -2.05. The van der Waals surface area contributed by atoms with Crippen LogP contribution in [0.15, 0.2) is 24.5 Å². The van der Waals surface area contributed by atoms with Crippen LogP contribution in [0.1, 0.15) is 30.7 Å². The second-order valence-corrected chi connectivity index (χ2v) is 7.81. The molecular formula is C18H21Cl2N5O. The van der Waals surface area contributed by atoms with E-state index in [0.29, 0.717) is 41.9 Å². The summed E-state index contributed by atoms with van der Waals surface area (Å²) in [5.74, 6) is 0.427. The molecule has 0 saturated carbocycles. The molecule has 0 fully saturated rings. The fourth-order valence-corrected chi connectivity index (χ4v) is 4.09. The van der Waals surface area contributed by atoms with E-state index in [1.165, 1.54) is 6.33 Å². The molecule has 3 N–H and O–H groups in total. The molecule has 6 nitrogen and oxygen atoms in total.